The van der Waals surface area contributed by atoms with Gasteiger partial charge in [0.1, 0.15) is 0 Å². The van der Waals surface area contributed by atoms with Crippen LogP contribution in [0, 0.1) is 0 Å². The van der Waals surface area contributed by atoms with Gasteiger partial charge in [0.2, 0.25) is 0 Å². The summed E-state index contributed by atoms with van der Waals surface area (Å²) in [6.45, 7) is 9.26. The van der Waals surface area contributed by atoms with Crippen LogP contribution in [-0.4, -0.2) is 55.1 Å². The molecule has 1 aliphatic heterocycles. The summed E-state index contributed by atoms with van der Waals surface area (Å²) < 4.78 is 0. The SMILES string of the molecule is CC(N)CCCN1CCN(C)C(C)C1. The van der Waals surface area contributed by atoms with Crippen molar-refractivity contribution in [2.24, 2.45) is 5.73 Å². The summed E-state index contributed by atoms with van der Waals surface area (Å²) >= 11 is 0. The molecule has 0 radical (unpaired) electrons. The fourth-order valence-corrected chi connectivity index (χ4v) is 1.96. The first-order valence-electron chi connectivity index (χ1n) is 5.77. The van der Waals surface area contributed by atoms with Crippen LogP contribution in [0.25, 0.3) is 0 Å². The minimum atomic E-state index is 0.361. The maximum atomic E-state index is 5.73. The fourth-order valence-electron chi connectivity index (χ4n) is 1.96. The van der Waals surface area contributed by atoms with Gasteiger partial charge in [0, 0.05) is 31.7 Å². The van der Waals surface area contributed by atoms with Crippen molar-refractivity contribution in [3.05, 3.63) is 0 Å². The van der Waals surface area contributed by atoms with E-state index in [2.05, 4.69) is 30.7 Å². The lowest BCUT2D eigenvalue weighted by Gasteiger charge is -2.37. The average Bonchev–Trinajstić information content (AvgIpc) is 2.10. The fraction of sp³-hybridized carbons (Fsp3) is 1.00. The molecule has 0 amide bonds. The Hall–Kier alpha value is -0.120. The summed E-state index contributed by atoms with van der Waals surface area (Å²) in [6, 6.07) is 1.07. The Bertz CT molecular complexity index is 159. The minimum Gasteiger partial charge on any atom is -0.328 e. The predicted molar refractivity (Wildman–Crippen MR) is 61.4 cm³/mol. The molecule has 0 aromatic rings. The molecule has 0 aromatic carbocycles. The van der Waals surface area contributed by atoms with Crippen LogP contribution in [0.2, 0.25) is 0 Å². The summed E-state index contributed by atoms with van der Waals surface area (Å²) in [5.41, 5.74) is 5.73. The molecule has 1 aliphatic rings. The maximum Gasteiger partial charge on any atom is 0.0192 e. The number of piperazine rings is 1. The Labute approximate surface area is 88.2 Å². The van der Waals surface area contributed by atoms with Gasteiger partial charge in [-0.25, -0.2) is 0 Å². The summed E-state index contributed by atoms with van der Waals surface area (Å²) in [5.74, 6) is 0. The van der Waals surface area contributed by atoms with Crippen molar-refractivity contribution in [1.29, 1.82) is 0 Å². The summed E-state index contributed by atoms with van der Waals surface area (Å²) in [4.78, 5) is 5.00. The lowest BCUT2D eigenvalue weighted by molar-refractivity contribution is 0.103. The largest absolute Gasteiger partial charge is 0.328 e. The predicted octanol–water partition coefficient (Wildman–Crippen LogP) is 0.750. The van der Waals surface area contributed by atoms with Crippen LogP contribution in [0.5, 0.6) is 0 Å². The number of hydrogen-bond donors (Lipinski definition) is 1. The highest BCUT2D eigenvalue weighted by Crippen LogP contribution is 2.08. The van der Waals surface area contributed by atoms with Gasteiger partial charge in [0.05, 0.1) is 0 Å². The van der Waals surface area contributed by atoms with Crippen molar-refractivity contribution in [1.82, 2.24) is 9.80 Å². The molecular formula is C11H25N3. The lowest BCUT2D eigenvalue weighted by Crippen LogP contribution is -2.50. The van der Waals surface area contributed by atoms with Crippen molar-refractivity contribution in [2.75, 3.05) is 33.2 Å². The van der Waals surface area contributed by atoms with Crippen molar-refractivity contribution < 1.29 is 0 Å². The molecule has 2 atom stereocenters. The zero-order chi connectivity index (χ0) is 10.6. The first kappa shape index (κ1) is 12.0. The highest BCUT2D eigenvalue weighted by atomic mass is 15.3. The van der Waals surface area contributed by atoms with Crippen LogP contribution in [0.15, 0.2) is 0 Å². The molecule has 0 bridgehead atoms. The smallest absolute Gasteiger partial charge is 0.0192 e. The van der Waals surface area contributed by atoms with Gasteiger partial charge in [-0.2, -0.15) is 0 Å². The second-order valence-electron chi connectivity index (χ2n) is 4.75. The van der Waals surface area contributed by atoms with E-state index in [1.807, 2.05) is 0 Å². The van der Waals surface area contributed by atoms with Crippen LogP contribution in [0.4, 0.5) is 0 Å². The number of hydrogen-bond acceptors (Lipinski definition) is 3. The van der Waals surface area contributed by atoms with Gasteiger partial charge in [-0.05, 0) is 40.3 Å². The average molecular weight is 199 g/mol. The molecule has 2 unspecified atom stereocenters. The third-order valence-electron chi connectivity index (χ3n) is 3.18. The van der Waals surface area contributed by atoms with E-state index in [4.69, 9.17) is 5.73 Å². The third kappa shape index (κ3) is 3.95. The molecule has 0 spiro atoms. The summed E-state index contributed by atoms with van der Waals surface area (Å²) in [7, 11) is 2.21. The quantitative estimate of drug-likeness (QED) is 0.725. The Kier molecular flexibility index (Phi) is 4.85. The first-order valence-corrected chi connectivity index (χ1v) is 5.77. The van der Waals surface area contributed by atoms with Crippen LogP contribution in [0.1, 0.15) is 26.7 Å². The molecule has 1 saturated heterocycles. The molecule has 1 fully saturated rings. The molecule has 14 heavy (non-hydrogen) atoms. The molecule has 3 nitrogen and oxygen atoms in total. The number of nitrogens with zero attached hydrogens (tertiary/aromatic N) is 2. The maximum absolute atomic E-state index is 5.73. The molecule has 1 heterocycles. The van der Waals surface area contributed by atoms with E-state index >= 15 is 0 Å². The van der Waals surface area contributed by atoms with Gasteiger partial charge >= 0.3 is 0 Å². The van der Waals surface area contributed by atoms with E-state index in [9.17, 15) is 0 Å². The minimum absolute atomic E-state index is 0.361. The van der Waals surface area contributed by atoms with Crippen LogP contribution < -0.4 is 5.73 Å². The van der Waals surface area contributed by atoms with Crippen molar-refractivity contribution in [3.63, 3.8) is 0 Å². The molecule has 3 heteroatoms. The van der Waals surface area contributed by atoms with E-state index in [-0.39, 0.29) is 0 Å². The van der Waals surface area contributed by atoms with Gasteiger partial charge in [-0.1, -0.05) is 0 Å². The molecule has 0 aliphatic carbocycles. The molecule has 2 N–H and O–H groups in total. The van der Waals surface area contributed by atoms with E-state index in [0.717, 1.165) is 6.42 Å². The third-order valence-corrected chi connectivity index (χ3v) is 3.18. The molecule has 1 rings (SSSR count). The number of nitrogens with two attached hydrogens (primary N) is 1. The van der Waals surface area contributed by atoms with E-state index in [1.54, 1.807) is 0 Å². The molecule has 0 saturated carbocycles. The monoisotopic (exact) mass is 199 g/mol. The molecule has 0 aromatic heterocycles. The number of rotatable bonds is 4. The van der Waals surface area contributed by atoms with Gasteiger partial charge in [-0.15, -0.1) is 0 Å². The zero-order valence-electron chi connectivity index (χ0n) is 9.87. The lowest BCUT2D eigenvalue weighted by atomic mass is 10.1. The van der Waals surface area contributed by atoms with Crippen LogP contribution in [0.3, 0.4) is 0 Å². The molecule has 84 valence electrons. The van der Waals surface area contributed by atoms with Crippen LogP contribution in [-0.2, 0) is 0 Å². The summed E-state index contributed by atoms with van der Waals surface area (Å²) in [5, 5.41) is 0. The van der Waals surface area contributed by atoms with Crippen LogP contribution >= 0.6 is 0 Å². The Morgan fingerprint density at radius 2 is 2.14 bits per heavy atom. The number of likely N-dealkylation sites (N-methyl/N-ethyl adjacent to an activating group) is 1. The zero-order valence-corrected chi connectivity index (χ0v) is 9.87. The van der Waals surface area contributed by atoms with Gasteiger partial charge in [-0.3, -0.25) is 0 Å². The summed E-state index contributed by atoms with van der Waals surface area (Å²) in [6.07, 6.45) is 2.40. The van der Waals surface area contributed by atoms with Crippen molar-refractivity contribution >= 4 is 0 Å². The first-order chi connectivity index (χ1) is 6.59. The van der Waals surface area contributed by atoms with E-state index < -0.39 is 0 Å². The van der Waals surface area contributed by atoms with Crippen molar-refractivity contribution in [2.45, 2.75) is 38.8 Å². The normalized spacial score (nSPS) is 27.9. The van der Waals surface area contributed by atoms with Gasteiger partial charge < -0.3 is 15.5 Å². The second kappa shape index (κ2) is 5.69. The Balaban J connectivity index is 2.13. The Morgan fingerprint density at radius 1 is 1.43 bits per heavy atom. The molecular weight excluding hydrogens is 174 g/mol. The highest BCUT2D eigenvalue weighted by Gasteiger charge is 2.19. The standard InChI is InChI=1S/C11H25N3/c1-10(12)5-4-6-14-8-7-13(3)11(2)9-14/h10-11H,4-9,12H2,1-3H3. The van der Waals surface area contributed by atoms with E-state index in [1.165, 1.54) is 32.6 Å². The second-order valence-corrected chi connectivity index (χ2v) is 4.75. The topological polar surface area (TPSA) is 32.5 Å². The van der Waals surface area contributed by atoms with Gasteiger partial charge in [0.15, 0.2) is 0 Å². The van der Waals surface area contributed by atoms with E-state index in [0.29, 0.717) is 12.1 Å². The van der Waals surface area contributed by atoms with Gasteiger partial charge in [0.25, 0.3) is 0 Å². The van der Waals surface area contributed by atoms with Crippen molar-refractivity contribution in [3.8, 4) is 0 Å². The highest BCUT2D eigenvalue weighted by molar-refractivity contribution is 4.76. The Morgan fingerprint density at radius 3 is 2.71 bits per heavy atom.